The first kappa shape index (κ1) is 18.0. The van der Waals surface area contributed by atoms with Crippen molar-refractivity contribution in [2.75, 3.05) is 11.4 Å². The molecule has 0 radical (unpaired) electrons. The number of carbonyl (C=O) groups is 1. The summed E-state index contributed by atoms with van der Waals surface area (Å²) in [5.74, 6) is -2.65. The van der Waals surface area contributed by atoms with Crippen molar-refractivity contribution in [1.29, 1.82) is 0 Å². The Hall–Kier alpha value is -1.35. The standard InChI is InChI=1S/C13H10ClF5N2OS/c1-6-5-21(12(23-6)20-11(22)10(14)16)7-2-3-9(15)8(4-7)13(17,18)19/h2-4,6,10H,5H2,1H3. The van der Waals surface area contributed by atoms with Gasteiger partial charge in [-0.1, -0.05) is 30.3 Å². The molecule has 2 unspecified atom stereocenters. The molecule has 1 fully saturated rings. The lowest BCUT2D eigenvalue weighted by Gasteiger charge is -2.20. The van der Waals surface area contributed by atoms with Crippen LogP contribution in [0.3, 0.4) is 0 Å². The summed E-state index contributed by atoms with van der Waals surface area (Å²) in [7, 11) is 0. The topological polar surface area (TPSA) is 32.7 Å². The molecule has 2 atom stereocenters. The first-order chi connectivity index (χ1) is 10.6. The summed E-state index contributed by atoms with van der Waals surface area (Å²) in [5, 5.41) is -0.0835. The van der Waals surface area contributed by atoms with Gasteiger partial charge in [0, 0.05) is 17.5 Å². The second-order valence-corrected chi connectivity index (χ2v) is 6.52. The third kappa shape index (κ3) is 4.14. The molecule has 1 saturated heterocycles. The molecule has 0 N–H and O–H groups in total. The van der Waals surface area contributed by atoms with Gasteiger partial charge in [0.1, 0.15) is 5.82 Å². The van der Waals surface area contributed by atoms with Crippen molar-refractivity contribution in [3.05, 3.63) is 29.6 Å². The van der Waals surface area contributed by atoms with Crippen molar-refractivity contribution in [3.8, 4) is 0 Å². The molecule has 1 heterocycles. The SMILES string of the molecule is CC1CN(c2ccc(F)c(C(F)(F)F)c2)C(=NC(=O)C(F)Cl)S1. The number of carbonyl (C=O) groups excluding carboxylic acids is 1. The van der Waals surface area contributed by atoms with Crippen LogP contribution in [0.4, 0.5) is 27.6 Å². The Labute approximate surface area is 137 Å². The van der Waals surface area contributed by atoms with Gasteiger partial charge in [0.25, 0.3) is 11.5 Å². The summed E-state index contributed by atoms with van der Waals surface area (Å²) in [4.78, 5) is 16.1. The quantitative estimate of drug-likeness (QED) is 0.576. The average Bonchev–Trinajstić information content (AvgIpc) is 2.78. The molecular formula is C13H10ClF5N2OS. The highest BCUT2D eigenvalue weighted by Crippen LogP contribution is 2.36. The fraction of sp³-hybridized carbons (Fsp3) is 0.385. The molecule has 0 aliphatic carbocycles. The van der Waals surface area contributed by atoms with Gasteiger partial charge in [-0.2, -0.15) is 18.2 Å². The van der Waals surface area contributed by atoms with E-state index in [1.54, 1.807) is 6.92 Å². The Morgan fingerprint density at radius 2 is 2.13 bits per heavy atom. The predicted molar refractivity (Wildman–Crippen MR) is 79.0 cm³/mol. The molecule has 0 saturated carbocycles. The molecule has 0 bridgehead atoms. The van der Waals surface area contributed by atoms with Crippen LogP contribution >= 0.6 is 23.4 Å². The van der Waals surface area contributed by atoms with Crippen LogP contribution < -0.4 is 4.90 Å². The monoisotopic (exact) mass is 372 g/mol. The van der Waals surface area contributed by atoms with E-state index >= 15 is 0 Å². The summed E-state index contributed by atoms with van der Waals surface area (Å²) in [6.07, 6.45) is -4.86. The molecule has 1 aliphatic rings. The molecule has 2 rings (SSSR count). The number of nitrogens with zero attached hydrogens (tertiary/aromatic N) is 2. The highest BCUT2D eigenvalue weighted by Gasteiger charge is 2.36. The van der Waals surface area contributed by atoms with Crippen LogP contribution in [-0.4, -0.2) is 28.5 Å². The number of aliphatic imine (C=N–C) groups is 1. The van der Waals surface area contributed by atoms with Crippen molar-refractivity contribution < 1.29 is 26.7 Å². The second kappa shape index (κ2) is 6.64. The zero-order valence-corrected chi connectivity index (χ0v) is 13.1. The second-order valence-electron chi connectivity index (χ2n) is 4.73. The third-order valence-electron chi connectivity index (χ3n) is 2.94. The van der Waals surface area contributed by atoms with Gasteiger partial charge in [0.2, 0.25) is 0 Å². The van der Waals surface area contributed by atoms with E-state index in [1.807, 2.05) is 0 Å². The van der Waals surface area contributed by atoms with Gasteiger partial charge in [-0.25, -0.2) is 8.78 Å². The number of anilines is 1. The number of hydrogen-bond donors (Lipinski definition) is 0. The maximum absolute atomic E-state index is 13.3. The Kier molecular flexibility index (Phi) is 5.20. The van der Waals surface area contributed by atoms with Crippen LogP contribution in [0.1, 0.15) is 12.5 Å². The first-order valence-corrected chi connectivity index (χ1v) is 7.63. The van der Waals surface area contributed by atoms with Gasteiger partial charge in [-0.15, -0.1) is 0 Å². The molecule has 1 aromatic rings. The van der Waals surface area contributed by atoms with Crippen LogP contribution in [-0.2, 0) is 11.0 Å². The Morgan fingerprint density at radius 3 is 2.70 bits per heavy atom. The lowest BCUT2D eigenvalue weighted by Crippen LogP contribution is -2.27. The molecule has 1 aromatic carbocycles. The normalized spacial score (nSPS) is 21.8. The van der Waals surface area contributed by atoms with Crippen molar-refractivity contribution in [3.63, 3.8) is 0 Å². The molecular weight excluding hydrogens is 363 g/mol. The lowest BCUT2D eigenvalue weighted by atomic mass is 10.1. The minimum atomic E-state index is -4.86. The maximum atomic E-state index is 13.3. The Bertz CT molecular complexity index is 650. The van der Waals surface area contributed by atoms with E-state index in [0.29, 0.717) is 12.1 Å². The fourth-order valence-electron chi connectivity index (χ4n) is 1.96. The molecule has 23 heavy (non-hydrogen) atoms. The number of benzene rings is 1. The zero-order valence-electron chi connectivity index (χ0n) is 11.6. The number of halogens is 6. The summed E-state index contributed by atoms with van der Waals surface area (Å²) >= 11 is 6.08. The van der Waals surface area contributed by atoms with Crippen LogP contribution in [0.25, 0.3) is 0 Å². The highest BCUT2D eigenvalue weighted by atomic mass is 35.5. The summed E-state index contributed by atoms with van der Waals surface area (Å²) in [6, 6.07) is 2.45. The van der Waals surface area contributed by atoms with Crippen molar-refractivity contribution >= 4 is 40.1 Å². The largest absolute Gasteiger partial charge is 0.419 e. The summed E-state index contributed by atoms with van der Waals surface area (Å²) in [5.41, 5.74) is -3.75. The van der Waals surface area contributed by atoms with E-state index in [4.69, 9.17) is 11.6 Å². The molecule has 0 aromatic heterocycles. The van der Waals surface area contributed by atoms with Gasteiger partial charge in [-0.3, -0.25) is 4.79 Å². The molecule has 0 spiro atoms. The summed E-state index contributed by atoms with van der Waals surface area (Å²) < 4.78 is 64.4. The van der Waals surface area contributed by atoms with Crippen LogP contribution in [0.2, 0.25) is 0 Å². The van der Waals surface area contributed by atoms with Gasteiger partial charge in [0.15, 0.2) is 5.17 Å². The lowest BCUT2D eigenvalue weighted by molar-refractivity contribution is -0.140. The minimum absolute atomic E-state index is 0.00658. The number of hydrogen-bond acceptors (Lipinski definition) is 2. The van der Waals surface area contributed by atoms with Gasteiger partial charge < -0.3 is 4.90 Å². The van der Waals surface area contributed by atoms with Gasteiger partial charge >= 0.3 is 6.18 Å². The van der Waals surface area contributed by atoms with E-state index in [1.165, 1.54) is 4.90 Å². The predicted octanol–water partition coefficient (Wildman–Crippen LogP) is 4.20. The molecule has 3 nitrogen and oxygen atoms in total. The van der Waals surface area contributed by atoms with Crippen molar-refractivity contribution in [1.82, 2.24) is 0 Å². The molecule has 10 heteroatoms. The highest BCUT2D eigenvalue weighted by molar-refractivity contribution is 8.15. The number of alkyl halides is 5. The van der Waals surface area contributed by atoms with Crippen molar-refractivity contribution in [2.45, 2.75) is 24.0 Å². The number of amides is 1. The Balaban J connectivity index is 2.41. The van der Waals surface area contributed by atoms with E-state index in [2.05, 4.69) is 4.99 Å². The van der Waals surface area contributed by atoms with E-state index in [0.717, 1.165) is 17.8 Å². The van der Waals surface area contributed by atoms with Gasteiger partial charge in [-0.05, 0) is 18.2 Å². The zero-order chi connectivity index (χ0) is 17.4. The van der Waals surface area contributed by atoms with Crippen molar-refractivity contribution in [2.24, 2.45) is 4.99 Å². The average molecular weight is 373 g/mol. The maximum Gasteiger partial charge on any atom is 0.419 e. The number of thioether (sulfide) groups is 1. The molecule has 1 amide bonds. The van der Waals surface area contributed by atoms with Crippen LogP contribution in [0.15, 0.2) is 23.2 Å². The van der Waals surface area contributed by atoms with Crippen LogP contribution in [0, 0.1) is 5.82 Å². The third-order valence-corrected chi connectivity index (χ3v) is 4.20. The number of amidine groups is 1. The van der Waals surface area contributed by atoms with E-state index in [9.17, 15) is 26.7 Å². The minimum Gasteiger partial charge on any atom is -0.320 e. The molecule has 126 valence electrons. The van der Waals surface area contributed by atoms with Crippen LogP contribution in [0.5, 0.6) is 0 Å². The van der Waals surface area contributed by atoms with E-state index in [-0.39, 0.29) is 22.6 Å². The molecule has 1 aliphatic heterocycles. The first-order valence-electron chi connectivity index (χ1n) is 6.31. The fourth-order valence-corrected chi connectivity index (χ4v) is 3.04. The smallest absolute Gasteiger partial charge is 0.320 e. The van der Waals surface area contributed by atoms with Gasteiger partial charge in [0.05, 0.1) is 5.56 Å². The Morgan fingerprint density at radius 1 is 1.48 bits per heavy atom. The number of rotatable bonds is 2. The van der Waals surface area contributed by atoms with E-state index < -0.39 is 29.1 Å². The summed E-state index contributed by atoms with van der Waals surface area (Å²) in [6.45, 7) is 1.99.